The van der Waals surface area contributed by atoms with Gasteiger partial charge in [-0.1, -0.05) is 18.2 Å². The number of pyridine rings is 1. The minimum absolute atomic E-state index is 0.0199. The zero-order valence-electron chi connectivity index (χ0n) is 19.7. The number of nitrogens with one attached hydrogen (secondary N) is 2. The van der Waals surface area contributed by atoms with Gasteiger partial charge in [0, 0.05) is 51.3 Å². The van der Waals surface area contributed by atoms with Crippen LogP contribution in [0.2, 0.25) is 0 Å². The number of hydrogen-bond acceptors (Lipinski definition) is 5. The summed E-state index contributed by atoms with van der Waals surface area (Å²) in [4.78, 5) is 58.2. The van der Waals surface area contributed by atoms with E-state index in [1.54, 1.807) is 36.2 Å². The molecule has 0 radical (unpaired) electrons. The van der Waals surface area contributed by atoms with Crippen LogP contribution in [0.15, 0.2) is 36.5 Å². The molecule has 0 aliphatic carbocycles. The smallest absolute Gasteiger partial charge is 0.272 e. The summed E-state index contributed by atoms with van der Waals surface area (Å²) in [6, 6.07) is 5.24. The van der Waals surface area contributed by atoms with E-state index < -0.39 is 5.41 Å². The second-order valence-electron chi connectivity index (χ2n) is 9.57. The Morgan fingerprint density at radius 1 is 1.09 bits per heavy atom. The van der Waals surface area contributed by atoms with E-state index >= 15 is 0 Å². The summed E-state index contributed by atoms with van der Waals surface area (Å²) in [5, 5.41) is 5.91. The maximum Gasteiger partial charge on any atom is 0.272 e. The predicted molar refractivity (Wildman–Crippen MR) is 125 cm³/mol. The van der Waals surface area contributed by atoms with Crippen LogP contribution in [0, 0.1) is 11.3 Å². The molecule has 1 aromatic rings. The van der Waals surface area contributed by atoms with Gasteiger partial charge in [0.25, 0.3) is 5.91 Å². The molecule has 2 atom stereocenters. The largest absolute Gasteiger partial charge is 0.351 e. The summed E-state index contributed by atoms with van der Waals surface area (Å²) < 4.78 is 0. The van der Waals surface area contributed by atoms with Gasteiger partial charge in [0.2, 0.25) is 17.7 Å². The molecule has 4 heterocycles. The molecule has 0 unspecified atom stereocenters. The van der Waals surface area contributed by atoms with E-state index in [9.17, 15) is 19.2 Å². The van der Waals surface area contributed by atoms with Gasteiger partial charge in [0.1, 0.15) is 5.69 Å². The first kappa shape index (κ1) is 23.9. The van der Waals surface area contributed by atoms with Crippen molar-refractivity contribution >= 4 is 23.6 Å². The molecule has 3 aliphatic heterocycles. The predicted octanol–water partition coefficient (Wildman–Crippen LogP) is 1.12. The number of nitrogens with zero attached hydrogens (tertiary/aromatic N) is 3. The van der Waals surface area contributed by atoms with E-state index in [1.807, 2.05) is 4.90 Å². The van der Waals surface area contributed by atoms with Gasteiger partial charge in [-0.3, -0.25) is 24.2 Å². The zero-order valence-corrected chi connectivity index (χ0v) is 19.7. The zero-order chi connectivity index (χ0) is 24.1. The van der Waals surface area contributed by atoms with Crippen molar-refractivity contribution in [2.75, 3.05) is 32.7 Å². The van der Waals surface area contributed by atoms with Crippen LogP contribution in [0.25, 0.3) is 0 Å². The van der Waals surface area contributed by atoms with Crippen LogP contribution in [-0.2, 0) is 14.4 Å². The molecule has 1 spiro atoms. The molecule has 9 nitrogen and oxygen atoms in total. The molecule has 0 bridgehead atoms. The van der Waals surface area contributed by atoms with Crippen LogP contribution in [0.5, 0.6) is 0 Å². The second-order valence-corrected chi connectivity index (χ2v) is 9.57. The van der Waals surface area contributed by atoms with Crippen LogP contribution >= 0.6 is 0 Å². The number of rotatable bonds is 1. The second kappa shape index (κ2) is 10.4. The molecule has 2 fully saturated rings. The lowest BCUT2D eigenvalue weighted by Crippen LogP contribution is -2.55. The summed E-state index contributed by atoms with van der Waals surface area (Å²) in [5.74, 6) is -0.334. The van der Waals surface area contributed by atoms with Gasteiger partial charge in [-0.25, -0.2) is 0 Å². The van der Waals surface area contributed by atoms with Crippen molar-refractivity contribution in [3.8, 4) is 0 Å². The number of aromatic nitrogens is 1. The molecule has 0 saturated carbocycles. The maximum atomic E-state index is 13.1. The average Bonchev–Trinajstić information content (AvgIpc) is 2.85. The number of amides is 4. The van der Waals surface area contributed by atoms with Crippen molar-refractivity contribution in [1.29, 1.82) is 0 Å². The Hall–Kier alpha value is -3.23. The van der Waals surface area contributed by atoms with E-state index in [0.29, 0.717) is 64.0 Å². The van der Waals surface area contributed by atoms with Crippen LogP contribution in [0.1, 0.15) is 49.5 Å². The fraction of sp³-hybridized carbons (Fsp3) is 0.560. The first-order chi connectivity index (χ1) is 16.4. The lowest BCUT2D eigenvalue weighted by Gasteiger charge is -2.41. The number of carbonyl (C=O) groups excluding carboxylic acids is 4. The molecule has 9 heteroatoms. The molecule has 34 heavy (non-hydrogen) atoms. The highest BCUT2D eigenvalue weighted by atomic mass is 16.2. The fourth-order valence-corrected chi connectivity index (χ4v) is 5.26. The molecular formula is C25H33N5O4. The first-order valence-corrected chi connectivity index (χ1v) is 12.1. The Bertz CT molecular complexity index is 955. The average molecular weight is 468 g/mol. The highest BCUT2D eigenvalue weighted by molar-refractivity contribution is 5.92. The third kappa shape index (κ3) is 5.29. The number of fused-ring (bicyclic) bond motifs is 1. The van der Waals surface area contributed by atoms with Gasteiger partial charge in [-0.15, -0.1) is 0 Å². The van der Waals surface area contributed by atoms with Gasteiger partial charge < -0.3 is 20.4 Å². The lowest BCUT2D eigenvalue weighted by molar-refractivity contribution is -0.140. The Labute approximate surface area is 200 Å². The fourth-order valence-electron chi connectivity index (χ4n) is 5.26. The monoisotopic (exact) mass is 467 g/mol. The minimum atomic E-state index is -0.616. The SMILES string of the molecule is CC(=O)N1CCC2(C/C=C/C[C@H]3CN(C(=O)c4ccccn4)CC[C@H]3NC(=O)CNC2=O)CC1. The number of hydrogen-bond donors (Lipinski definition) is 2. The summed E-state index contributed by atoms with van der Waals surface area (Å²) >= 11 is 0. The lowest BCUT2D eigenvalue weighted by atomic mass is 9.74. The molecule has 2 saturated heterocycles. The summed E-state index contributed by atoms with van der Waals surface area (Å²) in [6.07, 6.45) is 8.82. The Balaban J connectivity index is 1.47. The summed E-state index contributed by atoms with van der Waals surface area (Å²) in [7, 11) is 0. The third-order valence-electron chi connectivity index (χ3n) is 7.42. The third-order valence-corrected chi connectivity index (χ3v) is 7.42. The van der Waals surface area contributed by atoms with Gasteiger partial charge in [0.05, 0.1) is 12.0 Å². The topological polar surface area (TPSA) is 112 Å². The summed E-state index contributed by atoms with van der Waals surface area (Å²) in [5.41, 5.74) is -0.190. The van der Waals surface area contributed by atoms with E-state index in [4.69, 9.17) is 0 Å². The van der Waals surface area contributed by atoms with Crippen molar-refractivity contribution in [2.24, 2.45) is 11.3 Å². The summed E-state index contributed by atoms with van der Waals surface area (Å²) in [6.45, 7) is 3.64. The Morgan fingerprint density at radius 3 is 2.59 bits per heavy atom. The highest BCUT2D eigenvalue weighted by Gasteiger charge is 2.41. The minimum Gasteiger partial charge on any atom is -0.351 e. The molecule has 4 rings (SSSR count). The molecule has 2 N–H and O–H groups in total. The van der Waals surface area contributed by atoms with E-state index in [0.717, 1.165) is 0 Å². The van der Waals surface area contributed by atoms with Gasteiger partial charge in [0.15, 0.2) is 0 Å². The van der Waals surface area contributed by atoms with Crippen LogP contribution in [0.3, 0.4) is 0 Å². The molecule has 182 valence electrons. The normalized spacial score (nSPS) is 26.4. The van der Waals surface area contributed by atoms with Gasteiger partial charge in [-0.2, -0.15) is 0 Å². The first-order valence-electron chi connectivity index (χ1n) is 12.1. The van der Waals surface area contributed by atoms with Crippen molar-refractivity contribution in [1.82, 2.24) is 25.4 Å². The maximum absolute atomic E-state index is 13.1. The van der Waals surface area contributed by atoms with Crippen molar-refractivity contribution < 1.29 is 19.2 Å². The molecule has 3 aliphatic rings. The van der Waals surface area contributed by atoms with Crippen molar-refractivity contribution in [3.63, 3.8) is 0 Å². The standard InChI is InChI=1S/C25H33N5O4/c1-18(31)29-14-10-25(11-15-29)9-4-2-6-19-17-30(23(33)21-7-3-5-12-26-21)13-8-20(19)28-22(32)16-27-24(25)34/h2-5,7,12,19-20H,6,8-11,13-17H2,1H3,(H,27,34)(H,28,32)/b4-2+/t19-,20+/m0/s1. The van der Waals surface area contributed by atoms with Gasteiger partial charge >= 0.3 is 0 Å². The number of piperidine rings is 2. The van der Waals surface area contributed by atoms with Crippen LogP contribution < -0.4 is 10.6 Å². The molecule has 0 aromatic carbocycles. The van der Waals surface area contributed by atoms with Gasteiger partial charge in [-0.05, 0) is 44.2 Å². The van der Waals surface area contributed by atoms with E-state index in [2.05, 4.69) is 27.8 Å². The van der Waals surface area contributed by atoms with Crippen LogP contribution in [0.4, 0.5) is 0 Å². The quantitative estimate of drug-likeness (QED) is 0.602. The van der Waals surface area contributed by atoms with Crippen molar-refractivity contribution in [3.05, 3.63) is 42.2 Å². The highest BCUT2D eigenvalue weighted by Crippen LogP contribution is 2.36. The number of carbonyl (C=O) groups is 4. The number of allylic oxidation sites excluding steroid dienone is 2. The molecule has 1 aromatic heterocycles. The van der Waals surface area contributed by atoms with Crippen molar-refractivity contribution in [2.45, 2.75) is 45.1 Å². The molecule has 4 amide bonds. The van der Waals surface area contributed by atoms with E-state index in [-0.39, 0.29) is 42.1 Å². The molecular weight excluding hydrogens is 434 g/mol. The Morgan fingerprint density at radius 2 is 1.88 bits per heavy atom. The Kier molecular flexibility index (Phi) is 7.29. The number of likely N-dealkylation sites (tertiary alicyclic amines) is 2. The van der Waals surface area contributed by atoms with E-state index in [1.165, 1.54) is 0 Å². The van der Waals surface area contributed by atoms with Crippen LogP contribution in [-0.4, -0.2) is 77.2 Å².